The fourth-order valence-electron chi connectivity index (χ4n) is 6.54. The lowest BCUT2D eigenvalue weighted by molar-refractivity contribution is -0.147. The van der Waals surface area contributed by atoms with Crippen LogP contribution in [0, 0.1) is 17.8 Å². The van der Waals surface area contributed by atoms with Crippen molar-refractivity contribution in [1.82, 2.24) is 15.1 Å². The van der Waals surface area contributed by atoms with E-state index in [1.165, 1.54) is 5.56 Å². The van der Waals surface area contributed by atoms with Gasteiger partial charge in [0, 0.05) is 38.0 Å². The number of aliphatic hydroxyl groups is 1. The van der Waals surface area contributed by atoms with Gasteiger partial charge in [-0.25, -0.2) is 0 Å². The zero-order chi connectivity index (χ0) is 26.1. The first-order valence-corrected chi connectivity index (χ1v) is 13.7. The molecule has 0 bridgehead atoms. The van der Waals surface area contributed by atoms with Crippen molar-refractivity contribution in [3.63, 3.8) is 0 Å². The molecule has 0 radical (unpaired) electrons. The molecule has 4 aliphatic rings. The summed E-state index contributed by atoms with van der Waals surface area (Å²) in [4.78, 5) is 53.5. The molecule has 3 amide bonds. The maximum atomic E-state index is 13.3. The van der Waals surface area contributed by atoms with Gasteiger partial charge in [-0.05, 0) is 74.5 Å². The van der Waals surface area contributed by atoms with E-state index < -0.39 is 12.2 Å². The summed E-state index contributed by atoms with van der Waals surface area (Å²) in [5, 5.41) is 21.4. The normalized spacial score (nSPS) is 28.8. The lowest BCUT2D eigenvalue weighted by Crippen LogP contribution is -2.45. The summed E-state index contributed by atoms with van der Waals surface area (Å²) in [6, 6.07) is 6.10. The molecule has 1 saturated carbocycles. The highest BCUT2D eigenvalue weighted by Crippen LogP contribution is 2.34. The van der Waals surface area contributed by atoms with Crippen LogP contribution in [0.25, 0.3) is 0 Å². The molecule has 1 aromatic rings. The smallest absolute Gasteiger partial charge is 0.306 e. The third kappa shape index (κ3) is 5.51. The minimum atomic E-state index is -0.774. The largest absolute Gasteiger partial charge is 0.481 e. The highest BCUT2D eigenvalue weighted by atomic mass is 16.4. The molecule has 3 N–H and O–H groups in total. The number of benzene rings is 1. The maximum absolute atomic E-state index is 13.3. The molecule has 2 atom stereocenters. The predicted octanol–water partition coefficient (Wildman–Crippen LogP) is 2.01. The van der Waals surface area contributed by atoms with Crippen molar-refractivity contribution in [3.05, 3.63) is 34.9 Å². The first kappa shape index (κ1) is 25.7. The van der Waals surface area contributed by atoms with E-state index in [9.17, 15) is 29.4 Å². The number of carbonyl (C=O) groups excluding carboxylic acids is 3. The van der Waals surface area contributed by atoms with E-state index in [1.807, 2.05) is 21.9 Å². The van der Waals surface area contributed by atoms with Crippen LogP contribution < -0.4 is 5.32 Å². The zero-order valence-corrected chi connectivity index (χ0v) is 21.2. The number of aliphatic hydroxyl groups excluding tert-OH is 1. The Bertz CT molecular complexity index is 1060. The van der Waals surface area contributed by atoms with Crippen LogP contribution in [0.15, 0.2) is 18.2 Å². The average Bonchev–Trinajstić information content (AvgIpc) is 2.92. The molecule has 3 heterocycles. The van der Waals surface area contributed by atoms with Crippen LogP contribution >= 0.6 is 0 Å². The number of fused-ring (bicyclic) bond motifs is 1. The summed E-state index contributed by atoms with van der Waals surface area (Å²) in [6.07, 6.45) is 5.05. The minimum Gasteiger partial charge on any atom is -0.481 e. The number of rotatable bonds is 4. The van der Waals surface area contributed by atoms with Gasteiger partial charge in [-0.1, -0.05) is 18.2 Å². The summed E-state index contributed by atoms with van der Waals surface area (Å²) in [5.41, 5.74) is 3.27. The lowest BCUT2D eigenvalue weighted by Gasteiger charge is -2.37. The van der Waals surface area contributed by atoms with Gasteiger partial charge in [-0.3, -0.25) is 19.2 Å². The standard InChI is InChI=1S/C28H37N3O6/c32-24-8-7-23(25(33)29-24)21-5-6-22-16-31(14-11-20(22)15-21)27(35)18-3-1-17(2-4-18)26(34)30-12-9-19(10-13-30)28(36)37/h5-6,15,17-19,23-24,32H,1-4,7-14,16H2,(H,29,33)(H,36,37). The van der Waals surface area contributed by atoms with E-state index in [-0.39, 0.29) is 41.4 Å². The van der Waals surface area contributed by atoms with Crippen molar-refractivity contribution in [2.24, 2.45) is 17.8 Å². The number of hydrogen-bond acceptors (Lipinski definition) is 5. The van der Waals surface area contributed by atoms with Crippen LogP contribution in [0.4, 0.5) is 0 Å². The van der Waals surface area contributed by atoms with Crippen LogP contribution in [0.3, 0.4) is 0 Å². The number of piperidine rings is 2. The van der Waals surface area contributed by atoms with Crippen molar-refractivity contribution in [2.45, 2.75) is 76.5 Å². The number of amides is 3. The molecule has 200 valence electrons. The molecule has 0 spiro atoms. The van der Waals surface area contributed by atoms with Crippen LogP contribution in [-0.4, -0.2) is 69.6 Å². The quantitative estimate of drug-likeness (QED) is 0.568. The lowest BCUT2D eigenvalue weighted by atomic mass is 9.80. The van der Waals surface area contributed by atoms with E-state index in [1.54, 1.807) is 0 Å². The molecule has 2 unspecified atom stereocenters. The van der Waals surface area contributed by atoms with Crippen LogP contribution in [-0.2, 0) is 32.1 Å². The van der Waals surface area contributed by atoms with E-state index in [2.05, 4.69) is 11.4 Å². The fraction of sp³-hybridized carbons (Fsp3) is 0.643. The number of aliphatic carboxylic acids is 1. The van der Waals surface area contributed by atoms with Gasteiger partial charge in [0.15, 0.2) is 0 Å². The van der Waals surface area contributed by atoms with E-state index in [4.69, 9.17) is 0 Å². The number of nitrogens with one attached hydrogen (secondary N) is 1. The summed E-state index contributed by atoms with van der Waals surface area (Å²) >= 11 is 0. The zero-order valence-electron chi connectivity index (χ0n) is 21.2. The molecule has 9 nitrogen and oxygen atoms in total. The maximum Gasteiger partial charge on any atom is 0.306 e. The Hall–Kier alpha value is -2.94. The number of likely N-dealkylation sites (tertiary alicyclic amines) is 1. The third-order valence-corrected chi connectivity index (χ3v) is 8.89. The third-order valence-electron chi connectivity index (χ3n) is 8.89. The topological polar surface area (TPSA) is 127 Å². The first-order chi connectivity index (χ1) is 17.8. The summed E-state index contributed by atoms with van der Waals surface area (Å²) < 4.78 is 0. The SMILES string of the molecule is O=C(O)C1CCN(C(=O)C2CCC(C(=O)N3CCc4cc(C5CCC(O)NC5=O)ccc4C3)CC2)CC1. The van der Waals surface area contributed by atoms with Gasteiger partial charge in [0.05, 0.1) is 11.8 Å². The molecular formula is C28H37N3O6. The molecule has 1 aromatic carbocycles. The molecule has 5 rings (SSSR count). The van der Waals surface area contributed by atoms with Gasteiger partial charge in [0.1, 0.15) is 6.23 Å². The molecule has 0 aromatic heterocycles. The summed E-state index contributed by atoms with van der Waals surface area (Å²) in [6.45, 7) is 2.25. The van der Waals surface area contributed by atoms with Gasteiger partial charge in [-0.2, -0.15) is 0 Å². The number of nitrogens with zero attached hydrogens (tertiary/aromatic N) is 2. The van der Waals surface area contributed by atoms with Gasteiger partial charge in [0.2, 0.25) is 17.7 Å². The van der Waals surface area contributed by atoms with Crippen molar-refractivity contribution >= 4 is 23.7 Å². The fourth-order valence-corrected chi connectivity index (χ4v) is 6.54. The van der Waals surface area contributed by atoms with Crippen molar-refractivity contribution in [1.29, 1.82) is 0 Å². The number of carboxylic acid groups (broad SMARTS) is 1. The molecule has 2 saturated heterocycles. The van der Waals surface area contributed by atoms with Crippen molar-refractivity contribution < 1.29 is 29.4 Å². The van der Waals surface area contributed by atoms with Crippen LogP contribution in [0.2, 0.25) is 0 Å². The Balaban J connectivity index is 1.12. The summed E-state index contributed by atoms with van der Waals surface area (Å²) in [5.74, 6) is -1.32. The van der Waals surface area contributed by atoms with Crippen LogP contribution in [0.1, 0.15) is 74.0 Å². The van der Waals surface area contributed by atoms with Gasteiger partial charge in [0.25, 0.3) is 0 Å². The number of carbonyl (C=O) groups is 4. The van der Waals surface area contributed by atoms with Crippen molar-refractivity contribution in [2.75, 3.05) is 19.6 Å². The molecular weight excluding hydrogens is 474 g/mol. The average molecular weight is 512 g/mol. The Labute approximate surface area is 217 Å². The van der Waals surface area contributed by atoms with Gasteiger partial charge >= 0.3 is 5.97 Å². The number of carboxylic acids is 1. The van der Waals surface area contributed by atoms with Gasteiger partial charge in [-0.15, -0.1) is 0 Å². The Morgan fingerprint density at radius 1 is 0.784 bits per heavy atom. The highest BCUT2D eigenvalue weighted by molar-refractivity contribution is 5.85. The van der Waals surface area contributed by atoms with Crippen molar-refractivity contribution in [3.8, 4) is 0 Å². The molecule has 3 aliphatic heterocycles. The molecule has 9 heteroatoms. The minimum absolute atomic E-state index is 0.0556. The van der Waals surface area contributed by atoms with E-state index in [0.29, 0.717) is 77.5 Å². The monoisotopic (exact) mass is 511 g/mol. The van der Waals surface area contributed by atoms with Gasteiger partial charge < -0.3 is 25.3 Å². The Morgan fingerprint density at radius 2 is 1.43 bits per heavy atom. The predicted molar refractivity (Wildman–Crippen MR) is 134 cm³/mol. The Kier molecular flexibility index (Phi) is 7.51. The summed E-state index contributed by atoms with van der Waals surface area (Å²) in [7, 11) is 0. The second-order valence-corrected chi connectivity index (χ2v) is 11.2. The molecule has 3 fully saturated rings. The Morgan fingerprint density at radius 3 is 2.05 bits per heavy atom. The van der Waals surface area contributed by atoms with E-state index in [0.717, 1.165) is 17.5 Å². The first-order valence-electron chi connectivity index (χ1n) is 13.7. The number of hydrogen-bond donors (Lipinski definition) is 3. The molecule has 1 aliphatic carbocycles. The van der Waals surface area contributed by atoms with Crippen LogP contribution in [0.5, 0.6) is 0 Å². The second kappa shape index (κ2) is 10.8. The second-order valence-electron chi connectivity index (χ2n) is 11.2. The molecule has 37 heavy (non-hydrogen) atoms. The van der Waals surface area contributed by atoms with E-state index >= 15 is 0 Å². The highest BCUT2D eigenvalue weighted by Gasteiger charge is 2.36.